The van der Waals surface area contributed by atoms with Gasteiger partial charge in [0.1, 0.15) is 24.9 Å². The van der Waals surface area contributed by atoms with Crippen molar-refractivity contribution < 1.29 is 28.7 Å². The molecule has 25 heavy (non-hydrogen) atoms. The number of aliphatic carboxylic acids is 1. The number of halogens is 1. The molecule has 1 unspecified atom stereocenters. The van der Waals surface area contributed by atoms with Crippen LogP contribution in [-0.2, 0) is 25.7 Å². The maximum Gasteiger partial charge on any atom is 0.305 e. The lowest BCUT2D eigenvalue weighted by Gasteiger charge is -2.15. The van der Waals surface area contributed by atoms with Crippen molar-refractivity contribution in [3.63, 3.8) is 0 Å². The zero-order valence-corrected chi connectivity index (χ0v) is 13.5. The Balaban J connectivity index is 2.87. The minimum Gasteiger partial charge on any atom is -0.481 e. The summed E-state index contributed by atoms with van der Waals surface area (Å²) in [5, 5.41) is 13.2. The van der Waals surface area contributed by atoms with E-state index in [2.05, 4.69) is 10.6 Å². The third-order valence-corrected chi connectivity index (χ3v) is 3.16. The number of aromatic nitrogens is 1. The number of rotatable bonds is 9. The largest absolute Gasteiger partial charge is 0.481 e. The number of pyridine rings is 1. The average molecular weight is 355 g/mol. The van der Waals surface area contributed by atoms with E-state index in [1.54, 1.807) is 6.92 Å². The van der Waals surface area contributed by atoms with Crippen LogP contribution in [0, 0.1) is 0 Å². The molecule has 2 amide bonds. The summed E-state index contributed by atoms with van der Waals surface area (Å²) in [5.41, 5.74) is -0.671. The van der Waals surface area contributed by atoms with Crippen molar-refractivity contribution in [2.24, 2.45) is 0 Å². The summed E-state index contributed by atoms with van der Waals surface area (Å²) >= 11 is 0. The number of alkyl halides is 1. The third kappa shape index (κ3) is 6.16. The van der Waals surface area contributed by atoms with E-state index in [4.69, 9.17) is 5.11 Å². The Morgan fingerprint density at radius 1 is 1.28 bits per heavy atom. The number of nitrogens with one attached hydrogen (secondary N) is 2. The number of Topliss-reactive ketones (excluding diaryl/α,β-unsaturated/α-hetero) is 1. The Labute approximate surface area is 141 Å². The number of carbonyl (C=O) groups is 4. The highest BCUT2D eigenvalue weighted by Gasteiger charge is 2.23. The fourth-order valence-electron chi connectivity index (χ4n) is 1.90. The second-order valence-electron chi connectivity index (χ2n) is 5.07. The molecule has 1 rings (SSSR count). The number of nitrogens with zero attached hydrogens (tertiary/aromatic N) is 1. The Bertz CT molecular complexity index is 730. The van der Waals surface area contributed by atoms with Gasteiger partial charge in [-0.15, -0.1) is 0 Å². The molecule has 1 aromatic heterocycles. The number of carboxylic acids is 1. The highest BCUT2D eigenvalue weighted by Crippen LogP contribution is 2.01. The summed E-state index contributed by atoms with van der Waals surface area (Å²) in [4.78, 5) is 57.5. The first-order chi connectivity index (χ1) is 11.8. The molecule has 0 spiro atoms. The summed E-state index contributed by atoms with van der Waals surface area (Å²) in [6.45, 7) is -0.338. The van der Waals surface area contributed by atoms with Crippen molar-refractivity contribution in [2.45, 2.75) is 32.4 Å². The summed E-state index contributed by atoms with van der Waals surface area (Å²) < 4.78 is 13.4. The van der Waals surface area contributed by atoms with Gasteiger partial charge >= 0.3 is 5.97 Å². The van der Waals surface area contributed by atoms with E-state index in [1.165, 1.54) is 18.3 Å². The van der Waals surface area contributed by atoms with Crippen molar-refractivity contribution in [1.29, 1.82) is 0 Å². The molecule has 1 aromatic rings. The van der Waals surface area contributed by atoms with E-state index in [9.17, 15) is 28.4 Å². The molecule has 136 valence electrons. The molecule has 0 fully saturated rings. The van der Waals surface area contributed by atoms with Crippen LogP contribution in [0.25, 0.3) is 0 Å². The van der Waals surface area contributed by atoms with Gasteiger partial charge in [0.2, 0.25) is 11.8 Å². The monoisotopic (exact) mass is 355 g/mol. The van der Waals surface area contributed by atoms with Gasteiger partial charge in [-0.1, -0.05) is 6.92 Å². The van der Waals surface area contributed by atoms with E-state index >= 15 is 0 Å². The first-order valence-corrected chi connectivity index (χ1v) is 7.37. The number of hydrogen-bond donors (Lipinski definition) is 3. The van der Waals surface area contributed by atoms with Crippen LogP contribution in [0.2, 0.25) is 0 Å². The van der Waals surface area contributed by atoms with Crippen molar-refractivity contribution in [1.82, 2.24) is 9.88 Å². The van der Waals surface area contributed by atoms with E-state index in [1.807, 2.05) is 0 Å². The molecular weight excluding hydrogens is 337 g/mol. The van der Waals surface area contributed by atoms with Gasteiger partial charge in [0.25, 0.3) is 5.56 Å². The van der Waals surface area contributed by atoms with E-state index < -0.39 is 48.9 Å². The molecule has 1 atom stereocenters. The number of carbonyl (C=O) groups excluding carboxylic acids is 3. The maximum absolute atomic E-state index is 12.4. The summed E-state index contributed by atoms with van der Waals surface area (Å²) in [5.74, 6) is -3.68. The molecular formula is C15H18FN3O6. The fourth-order valence-corrected chi connectivity index (χ4v) is 1.90. The first kappa shape index (κ1) is 20.0. The van der Waals surface area contributed by atoms with Crippen molar-refractivity contribution in [2.75, 3.05) is 12.0 Å². The number of carboxylic acid groups (broad SMARTS) is 1. The van der Waals surface area contributed by atoms with Gasteiger partial charge in [0.15, 0.2) is 5.78 Å². The van der Waals surface area contributed by atoms with Crippen LogP contribution in [-0.4, -0.2) is 46.0 Å². The predicted molar refractivity (Wildman–Crippen MR) is 84.8 cm³/mol. The van der Waals surface area contributed by atoms with Crippen molar-refractivity contribution in [3.8, 4) is 0 Å². The first-order valence-electron chi connectivity index (χ1n) is 7.37. The topological polar surface area (TPSA) is 135 Å². The molecule has 1 heterocycles. The molecule has 0 aliphatic carbocycles. The Hall–Kier alpha value is -3.04. The van der Waals surface area contributed by atoms with Crippen LogP contribution >= 0.6 is 0 Å². The van der Waals surface area contributed by atoms with Crippen LogP contribution in [0.15, 0.2) is 23.1 Å². The Morgan fingerprint density at radius 2 is 1.96 bits per heavy atom. The van der Waals surface area contributed by atoms with Crippen LogP contribution in [0.4, 0.5) is 10.1 Å². The molecule has 0 aliphatic heterocycles. The van der Waals surface area contributed by atoms with Gasteiger partial charge < -0.3 is 20.3 Å². The Morgan fingerprint density at radius 3 is 2.52 bits per heavy atom. The molecule has 0 saturated heterocycles. The van der Waals surface area contributed by atoms with Gasteiger partial charge in [-0.05, 0) is 12.1 Å². The lowest BCUT2D eigenvalue weighted by molar-refractivity contribution is -0.140. The zero-order chi connectivity index (χ0) is 19.0. The highest BCUT2D eigenvalue weighted by atomic mass is 19.1. The second kappa shape index (κ2) is 9.30. The quantitative estimate of drug-likeness (QED) is 0.556. The second-order valence-corrected chi connectivity index (χ2v) is 5.07. The molecule has 0 radical (unpaired) electrons. The van der Waals surface area contributed by atoms with Crippen molar-refractivity contribution in [3.05, 3.63) is 28.7 Å². The molecule has 3 N–H and O–H groups in total. The van der Waals surface area contributed by atoms with Crippen molar-refractivity contribution >= 4 is 29.3 Å². The minimum absolute atomic E-state index is 0.0240. The number of hydrogen-bond acceptors (Lipinski definition) is 5. The van der Waals surface area contributed by atoms with Crippen LogP contribution in [0.5, 0.6) is 0 Å². The number of ketones is 1. The highest BCUT2D eigenvalue weighted by molar-refractivity contribution is 5.92. The van der Waals surface area contributed by atoms with Gasteiger partial charge in [0.05, 0.1) is 6.42 Å². The molecule has 9 nitrogen and oxygen atoms in total. The zero-order valence-electron chi connectivity index (χ0n) is 13.5. The minimum atomic E-state index is -1.52. The summed E-state index contributed by atoms with van der Waals surface area (Å²) in [6, 6.07) is 1.28. The molecule has 0 bridgehead atoms. The standard InChI is InChI=1S/C15H18FN3O6/c1-2-12(21)17-9-4-3-5-19(15(9)25)8-13(22)18-10(6-14(23)24)11(20)7-16/h3-5,10H,2,6-8H2,1H3,(H,17,21)(H,18,22)(H,23,24). The maximum atomic E-state index is 12.4. The van der Waals surface area contributed by atoms with Gasteiger partial charge in [0, 0.05) is 12.6 Å². The van der Waals surface area contributed by atoms with Crippen LogP contribution < -0.4 is 16.2 Å². The molecule has 0 aromatic carbocycles. The van der Waals surface area contributed by atoms with E-state index in [0.29, 0.717) is 0 Å². The molecule has 0 saturated carbocycles. The average Bonchev–Trinajstić information content (AvgIpc) is 2.56. The van der Waals surface area contributed by atoms with E-state index in [-0.39, 0.29) is 18.0 Å². The van der Waals surface area contributed by atoms with Gasteiger partial charge in [-0.3, -0.25) is 24.0 Å². The molecule has 10 heteroatoms. The smallest absolute Gasteiger partial charge is 0.305 e. The predicted octanol–water partition coefficient (Wildman–Crippen LogP) is -0.305. The number of amides is 2. The van der Waals surface area contributed by atoms with Gasteiger partial charge in [-0.2, -0.15) is 0 Å². The SMILES string of the molecule is CCC(=O)Nc1cccn(CC(=O)NC(CC(=O)O)C(=O)CF)c1=O. The van der Waals surface area contributed by atoms with E-state index in [0.717, 1.165) is 4.57 Å². The normalized spacial score (nSPS) is 11.4. The summed E-state index contributed by atoms with van der Waals surface area (Å²) in [7, 11) is 0. The van der Waals surface area contributed by atoms with Crippen LogP contribution in [0.1, 0.15) is 19.8 Å². The lowest BCUT2D eigenvalue weighted by Crippen LogP contribution is -2.45. The third-order valence-electron chi connectivity index (χ3n) is 3.16. The fraction of sp³-hybridized carbons (Fsp3) is 0.400. The number of anilines is 1. The van der Waals surface area contributed by atoms with Crippen LogP contribution in [0.3, 0.4) is 0 Å². The van der Waals surface area contributed by atoms with Gasteiger partial charge in [-0.25, -0.2) is 4.39 Å². The summed E-state index contributed by atoms with van der Waals surface area (Å²) in [6.07, 6.45) is 0.680. The lowest BCUT2D eigenvalue weighted by atomic mass is 10.1. The molecule has 0 aliphatic rings. The Kier molecular flexibility index (Phi) is 7.44.